The summed E-state index contributed by atoms with van der Waals surface area (Å²) in [5, 5.41) is 18.2. The quantitative estimate of drug-likeness (QED) is 0.240. The Morgan fingerprint density at radius 3 is 1.54 bits per heavy atom. The van der Waals surface area contributed by atoms with Crippen molar-refractivity contribution in [2.75, 3.05) is 13.2 Å². The van der Waals surface area contributed by atoms with Crippen molar-refractivity contribution in [3.05, 3.63) is 12.2 Å². The number of aliphatic hydroxyl groups is 2. The molecule has 0 aliphatic carbocycles. The lowest BCUT2D eigenvalue weighted by Gasteiger charge is -2.24. The minimum atomic E-state index is -0.777. The van der Waals surface area contributed by atoms with E-state index in [9.17, 15) is 0 Å². The van der Waals surface area contributed by atoms with Gasteiger partial charge in [-0.1, -0.05) is 83.3 Å². The van der Waals surface area contributed by atoms with Crippen molar-refractivity contribution in [2.45, 2.75) is 109 Å². The summed E-state index contributed by atoms with van der Waals surface area (Å²) in [6.45, 7) is 2.00. The molecule has 0 aromatic carbocycles. The molecule has 0 saturated carbocycles. The van der Waals surface area contributed by atoms with E-state index in [4.69, 9.17) is 15.9 Å². The van der Waals surface area contributed by atoms with Gasteiger partial charge in [-0.15, -0.1) is 0 Å². The van der Waals surface area contributed by atoms with E-state index in [1.807, 2.05) is 0 Å². The molecular weight excluding hydrogens is 298 g/mol. The third-order valence-corrected chi connectivity index (χ3v) is 4.82. The van der Waals surface area contributed by atoms with Gasteiger partial charge in [-0.2, -0.15) is 0 Å². The first-order valence-electron chi connectivity index (χ1n) is 10.3. The molecule has 0 unspecified atom stereocenters. The highest BCUT2D eigenvalue weighted by Gasteiger charge is 2.21. The molecule has 0 heterocycles. The Morgan fingerprint density at radius 2 is 1.08 bits per heavy atom. The summed E-state index contributed by atoms with van der Waals surface area (Å²) < 4.78 is 0. The average molecular weight is 342 g/mol. The van der Waals surface area contributed by atoms with Crippen molar-refractivity contribution < 1.29 is 10.2 Å². The number of aliphatic hydroxyl groups excluding tert-OH is 2. The normalized spacial score (nSPS) is 12.3. The highest BCUT2D eigenvalue weighted by atomic mass is 16.3. The molecule has 0 atom stereocenters. The van der Waals surface area contributed by atoms with Gasteiger partial charge in [0.1, 0.15) is 0 Å². The highest BCUT2D eigenvalue weighted by Crippen LogP contribution is 2.14. The van der Waals surface area contributed by atoms with E-state index in [-0.39, 0.29) is 13.2 Å². The standard InChI is InChI=1S/C21H43NO2/c1-2-3-4-5-6-7-8-9-10-11-12-13-14-15-16-17-18-21(22,19-23)20-24/h9-10,23-24H,2-8,11-20,22H2,1H3/b10-9+. The van der Waals surface area contributed by atoms with Crippen LogP contribution in [0.4, 0.5) is 0 Å². The Kier molecular flexibility index (Phi) is 17.2. The van der Waals surface area contributed by atoms with Crippen molar-refractivity contribution >= 4 is 0 Å². The van der Waals surface area contributed by atoms with Crippen LogP contribution in [0.1, 0.15) is 103 Å². The molecule has 0 aromatic rings. The first kappa shape index (κ1) is 23.6. The number of rotatable bonds is 18. The van der Waals surface area contributed by atoms with Gasteiger partial charge in [-0.05, 0) is 32.1 Å². The Labute approximate surface area is 150 Å². The van der Waals surface area contributed by atoms with Crippen LogP contribution in [0.15, 0.2) is 12.2 Å². The van der Waals surface area contributed by atoms with Crippen LogP contribution in [0, 0.1) is 0 Å². The summed E-state index contributed by atoms with van der Waals surface area (Å²) in [6, 6.07) is 0. The number of hydrogen-bond acceptors (Lipinski definition) is 3. The third-order valence-electron chi connectivity index (χ3n) is 4.82. The van der Waals surface area contributed by atoms with Crippen molar-refractivity contribution in [3.8, 4) is 0 Å². The molecule has 4 N–H and O–H groups in total. The monoisotopic (exact) mass is 341 g/mol. The molecule has 0 radical (unpaired) electrons. The van der Waals surface area contributed by atoms with Gasteiger partial charge in [0.05, 0.1) is 18.8 Å². The average Bonchev–Trinajstić information content (AvgIpc) is 2.61. The lowest BCUT2D eigenvalue weighted by atomic mass is 9.94. The highest BCUT2D eigenvalue weighted by molar-refractivity contribution is 4.82. The molecule has 24 heavy (non-hydrogen) atoms. The molecule has 0 aromatic heterocycles. The van der Waals surface area contributed by atoms with Crippen LogP contribution in [-0.4, -0.2) is 29.0 Å². The SMILES string of the molecule is CCCCCCCC/C=C/CCCCCCCCC(N)(CO)CO. The van der Waals surface area contributed by atoms with Crippen LogP contribution in [-0.2, 0) is 0 Å². The molecule has 0 amide bonds. The van der Waals surface area contributed by atoms with E-state index in [1.165, 1.54) is 77.0 Å². The maximum atomic E-state index is 9.12. The second kappa shape index (κ2) is 17.4. The Hall–Kier alpha value is -0.380. The molecule has 0 aliphatic rings. The number of hydrogen-bond donors (Lipinski definition) is 3. The molecule has 0 fully saturated rings. The van der Waals surface area contributed by atoms with E-state index < -0.39 is 5.54 Å². The van der Waals surface area contributed by atoms with Crippen molar-refractivity contribution in [1.82, 2.24) is 0 Å². The Morgan fingerprint density at radius 1 is 0.667 bits per heavy atom. The zero-order chi connectivity index (χ0) is 17.9. The van der Waals surface area contributed by atoms with Crippen LogP contribution in [0.3, 0.4) is 0 Å². The zero-order valence-electron chi connectivity index (χ0n) is 16.1. The summed E-state index contributed by atoms with van der Waals surface area (Å²) >= 11 is 0. The van der Waals surface area contributed by atoms with Gasteiger partial charge in [-0.25, -0.2) is 0 Å². The fourth-order valence-electron chi connectivity index (χ4n) is 2.93. The third kappa shape index (κ3) is 15.2. The van der Waals surface area contributed by atoms with Crippen LogP contribution in [0.25, 0.3) is 0 Å². The topological polar surface area (TPSA) is 66.5 Å². The molecule has 3 nitrogen and oxygen atoms in total. The first-order chi connectivity index (χ1) is 11.7. The predicted octanol–water partition coefficient (Wildman–Crippen LogP) is 5.10. The number of nitrogens with two attached hydrogens (primary N) is 1. The van der Waals surface area contributed by atoms with E-state index in [0.717, 1.165) is 12.8 Å². The van der Waals surface area contributed by atoms with Crippen LogP contribution in [0.2, 0.25) is 0 Å². The number of allylic oxidation sites excluding steroid dienone is 2. The zero-order valence-corrected chi connectivity index (χ0v) is 16.1. The minimum Gasteiger partial charge on any atom is -0.394 e. The molecule has 0 saturated heterocycles. The van der Waals surface area contributed by atoms with Crippen LogP contribution < -0.4 is 5.73 Å². The van der Waals surface area contributed by atoms with Gasteiger partial charge in [0.25, 0.3) is 0 Å². The lowest BCUT2D eigenvalue weighted by molar-refractivity contribution is 0.112. The van der Waals surface area contributed by atoms with Gasteiger partial charge in [0.15, 0.2) is 0 Å². The number of unbranched alkanes of at least 4 members (excludes halogenated alkanes) is 12. The summed E-state index contributed by atoms with van der Waals surface area (Å²) in [6.07, 6.45) is 23.4. The van der Waals surface area contributed by atoms with Crippen LogP contribution in [0.5, 0.6) is 0 Å². The van der Waals surface area contributed by atoms with Crippen molar-refractivity contribution in [2.24, 2.45) is 5.73 Å². The van der Waals surface area contributed by atoms with E-state index in [1.54, 1.807) is 0 Å². The summed E-state index contributed by atoms with van der Waals surface area (Å²) in [5.41, 5.74) is 5.07. The van der Waals surface area contributed by atoms with Gasteiger partial charge in [-0.3, -0.25) is 0 Å². The summed E-state index contributed by atoms with van der Waals surface area (Å²) in [4.78, 5) is 0. The van der Waals surface area contributed by atoms with Gasteiger partial charge in [0, 0.05) is 0 Å². The second-order valence-electron chi connectivity index (χ2n) is 7.37. The van der Waals surface area contributed by atoms with Gasteiger partial charge in [0.2, 0.25) is 0 Å². The molecule has 144 valence electrons. The van der Waals surface area contributed by atoms with Crippen LogP contribution >= 0.6 is 0 Å². The molecule has 0 spiro atoms. The van der Waals surface area contributed by atoms with Crippen molar-refractivity contribution in [1.29, 1.82) is 0 Å². The van der Waals surface area contributed by atoms with E-state index >= 15 is 0 Å². The molecule has 0 rings (SSSR count). The van der Waals surface area contributed by atoms with E-state index in [2.05, 4.69) is 19.1 Å². The van der Waals surface area contributed by atoms with Gasteiger partial charge < -0.3 is 15.9 Å². The predicted molar refractivity (Wildman–Crippen MR) is 105 cm³/mol. The van der Waals surface area contributed by atoms with E-state index in [0.29, 0.717) is 6.42 Å². The fraction of sp³-hybridized carbons (Fsp3) is 0.905. The summed E-state index contributed by atoms with van der Waals surface area (Å²) in [5.74, 6) is 0. The minimum absolute atomic E-state index is 0.130. The molecule has 0 aliphatic heterocycles. The molecule has 0 bridgehead atoms. The molecule has 3 heteroatoms. The maximum Gasteiger partial charge on any atom is 0.0633 e. The Bertz CT molecular complexity index is 275. The lowest BCUT2D eigenvalue weighted by Crippen LogP contribution is -2.47. The Balaban J connectivity index is 3.23. The first-order valence-corrected chi connectivity index (χ1v) is 10.3. The second-order valence-corrected chi connectivity index (χ2v) is 7.37. The summed E-state index contributed by atoms with van der Waals surface area (Å²) in [7, 11) is 0. The molecular formula is C21H43NO2. The largest absolute Gasteiger partial charge is 0.394 e. The van der Waals surface area contributed by atoms with Gasteiger partial charge >= 0.3 is 0 Å². The van der Waals surface area contributed by atoms with Crippen molar-refractivity contribution in [3.63, 3.8) is 0 Å². The smallest absolute Gasteiger partial charge is 0.0633 e. The maximum absolute atomic E-state index is 9.12. The fourth-order valence-corrected chi connectivity index (χ4v) is 2.93.